The van der Waals surface area contributed by atoms with E-state index in [0.717, 1.165) is 0 Å². The molecule has 0 radical (unpaired) electrons. The van der Waals surface area contributed by atoms with Crippen LogP contribution in [0, 0.1) is 5.82 Å². The van der Waals surface area contributed by atoms with Gasteiger partial charge in [0.1, 0.15) is 16.5 Å². The summed E-state index contributed by atoms with van der Waals surface area (Å²) in [6.45, 7) is 2.58. The molecule has 38 heavy (non-hydrogen) atoms. The van der Waals surface area contributed by atoms with E-state index in [0.29, 0.717) is 24.9 Å². The number of carbonyl (C=O) groups excluding carboxylic acids is 1. The van der Waals surface area contributed by atoms with E-state index in [4.69, 9.17) is 8.92 Å². The highest BCUT2D eigenvalue weighted by Crippen LogP contribution is 2.27. The smallest absolute Gasteiger partial charge is 0.339 e. The normalized spacial score (nSPS) is 17.3. The fourth-order valence-corrected chi connectivity index (χ4v) is 5.20. The van der Waals surface area contributed by atoms with Crippen molar-refractivity contribution in [1.82, 2.24) is 20.2 Å². The number of halogens is 1. The van der Waals surface area contributed by atoms with Crippen molar-refractivity contribution in [3.05, 3.63) is 87.9 Å². The topological polar surface area (TPSA) is 129 Å². The van der Waals surface area contributed by atoms with Gasteiger partial charge in [-0.05, 0) is 49.2 Å². The molecule has 0 fully saturated rings. The molecule has 0 saturated heterocycles. The molecule has 2 atom stereocenters. The minimum atomic E-state index is -4.46. The van der Waals surface area contributed by atoms with Gasteiger partial charge < -0.3 is 19.6 Å². The minimum absolute atomic E-state index is 0.00747. The Bertz CT molecular complexity index is 1450. The van der Waals surface area contributed by atoms with Crippen LogP contribution in [-0.4, -0.2) is 43.6 Å². The van der Waals surface area contributed by atoms with Gasteiger partial charge in [-0.2, -0.15) is 8.42 Å². The first kappa shape index (κ1) is 27.4. The van der Waals surface area contributed by atoms with Crippen molar-refractivity contribution in [2.75, 3.05) is 13.7 Å². The maximum atomic E-state index is 13.8. The molecule has 2 aromatic carbocycles. The SMILES string of the molecule is CCN[C@@H]1CC[C@H](OC)Cn2c1nc(C(=O)NCc1ccc(F)cc1)c(OS(=O)(=O)c1ccccc1)c2=O. The minimum Gasteiger partial charge on any atom is -0.380 e. The maximum Gasteiger partial charge on any atom is 0.339 e. The van der Waals surface area contributed by atoms with Gasteiger partial charge in [0.05, 0.1) is 18.7 Å². The summed E-state index contributed by atoms with van der Waals surface area (Å²) in [5.41, 5.74) is -0.672. The second kappa shape index (κ2) is 11.8. The van der Waals surface area contributed by atoms with E-state index in [1.165, 1.54) is 60.2 Å². The molecular weight excluding hydrogens is 515 g/mol. The number of amides is 1. The van der Waals surface area contributed by atoms with Gasteiger partial charge >= 0.3 is 10.1 Å². The molecule has 0 aliphatic carbocycles. The molecule has 3 aromatic rings. The van der Waals surface area contributed by atoms with E-state index in [1.807, 2.05) is 6.92 Å². The van der Waals surface area contributed by atoms with E-state index in [9.17, 15) is 22.4 Å². The third kappa shape index (κ3) is 6.09. The molecule has 10 nitrogen and oxygen atoms in total. The first-order valence-corrected chi connectivity index (χ1v) is 13.6. The number of rotatable bonds is 9. The molecule has 1 amide bonds. The number of benzene rings is 2. The second-order valence-electron chi connectivity index (χ2n) is 8.77. The standard InChI is InChI=1S/C26H29FN4O6S/c1-3-28-21-14-13-19(36-2)16-31-24(21)30-22(25(32)29-15-17-9-11-18(27)12-10-17)23(26(31)33)37-38(34,35)20-7-5-4-6-8-20/h4-12,19,21,28H,3,13-16H2,1-2H3,(H,29,32)/t19-,21+/m0/s1. The van der Waals surface area contributed by atoms with E-state index in [-0.39, 0.29) is 36.0 Å². The van der Waals surface area contributed by atoms with Crippen LogP contribution in [0.1, 0.15) is 47.7 Å². The van der Waals surface area contributed by atoms with Crippen LogP contribution in [0.2, 0.25) is 0 Å². The van der Waals surface area contributed by atoms with Crippen LogP contribution in [0.5, 0.6) is 5.75 Å². The number of aromatic nitrogens is 2. The Kier molecular flexibility index (Phi) is 8.55. The number of hydrogen-bond donors (Lipinski definition) is 2. The highest BCUT2D eigenvalue weighted by atomic mass is 32.2. The average molecular weight is 545 g/mol. The summed E-state index contributed by atoms with van der Waals surface area (Å²) in [4.78, 5) is 31.4. The van der Waals surface area contributed by atoms with Gasteiger partial charge in [-0.15, -0.1) is 0 Å². The second-order valence-corrected chi connectivity index (χ2v) is 10.3. The molecular formula is C26H29FN4O6S. The van der Waals surface area contributed by atoms with E-state index in [1.54, 1.807) is 6.07 Å². The zero-order valence-electron chi connectivity index (χ0n) is 21.0. The van der Waals surface area contributed by atoms with Gasteiger partial charge in [0.15, 0.2) is 5.69 Å². The Morgan fingerprint density at radius 2 is 1.84 bits per heavy atom. The molecule has 2 heterocycles. The van der Waals surface area contributed by atoms with Crippen LogP contribution in [-0.2, 0) is 27.9 Å². The fraction of sp³-hybridized carbons (Fsp3) is 0.346. The lowest BCUT2D eigenvalue weighted by Gasteiger charge is -2.20. The zero-order chi connectivity index (χ0) is 27.3. The number of methoxy groups -OCH3 is 1. The van der Waals surface area contributed by atoms with Crippen LogP contribution in [0.4, 0.5) is 4.39 Å². The van der Waals surface area contributed by atoms with Gasteiger partial charge in [0.2, 0.25) is 5.75 Å². The Hall–Kier alpha value is -3.61. The summed E-state index contributed by atoms with van der Waals surface area (Å²) in [5, 5.41) is 5.90. The van der Waals surface area contributed by atoms with Gasteiger partial charge in [-0.25, -0.2) is 9.37 Å². The van der Waals surface area contributed by atoms with Crippen LogP contribution in [0.15, 0.2) is 64.3 Å². The molecule has 0 spiro atoms. The fourth-order valence-electron chi connectivity index (χ4n) is 4.25. The molecule has 4 rings (SSSR count). The van der Waals surface area contributed by atoms with Crippen molar-refractivity contribution in [3.8, 4) is 5.75 Å². The predicted molar refractivity (Wildman–Crippen MR) is 137 cm³/mol. The predicted octanol–water partition coefficient (Wildman–Crippen LogP) is 2.54. The summed E-state index contributed by atoms with van der Waals surface area (Å²) in [5.74, 6) is -1.66. The molecule has 1 aromatic heterocycles. The summed E-state index contributed by atoms with van der Waals surface area (Å²) in [6, 6.07) is 12.4. The largest absolute Gasteiger partial charge is 0.380 e. The Balaban J connectivity index is 1.81. The molecule has 202 valence electrons. The van der Waals surface area contributed by atoms with Crippen molar-refractivity contribution in [3.63, 3.8) is 0 Å². The molecule has 12 heteroatoms. The molecule has 1 aliphatic rings. The lowest BCUT2D eigenvalue weighted by Crippen LogP contribution is -2.37. The van der Waals surface area contributed by atoms with Crippen LogP contribution in [0.3, 0.4) is 0 Å². The van der Waals surface area contributed by atoms with Gasteiger partial charge in [0, 0.05) is 13.7 Å². The first-order valence-electron chi connectivity index (χ1n) is 12.2. The summed E-state index contributed by atoms with van der Waals surface area (Å²) < 4.78 is 51.5. The molecule has 0 saturated carbocycles. The van der Waals surface area contributed by atoms with Crippen LogP contribution < -0.4 is 20.4 Å². The lowest BCUT2D eigenvalue weighted by molar-refractivity contribution is 0.0808. The van der Waals surface area contributed by atoms with Crippen molar-refractivity contribution in [2.45, 2.75) is 49.9 Å². The Labute approximate surface area is 219 Å². The van der Waals surface area contributed by atoms with Crippen LogP contribution in [0.25, 0.3) is 0 Å². The number of hydrogen-bond acceptors (Lipinski definition) is 8. The lowest BCUT2D eigenvalue weighted by atomic mass is 10.1. The van der Waals surface area contributed by atoms with Gasteiger partial charge in [0.25, 0.3) is 11.5 Å². The van der Waals surface area contributed by atoms with E-state index >= 15 is 0 Å². The van der Waals surface area contributed by atoms with Crippen molar-refractivity contribution in [1.29, 1.82) is 0 Å². The molecule has 1 aliphatic heterocycles. The van der Waals surface area contributed by atoms with E-state index in [2.05, 4.69) is 15.6 Å². The third-order valence-corrected chi connectivity index (χ3v) is 7.46. The number of fused-ring (bicyclic) bond motifs is 1. The van der Waals surface area contributed by atoms with E-state index < -0.39 is 38.8 Å². The number of ether oxygens (including phenoxy) is 1. The monoisotopic (exact) mass is 544 g/mol. The average Bonchev–Trinajstić information content (AvgIpc) is 3.09. The van der Waals surface area contributed by atoms with Crippen molar-refractivity contribution >= 4 is 16.0 Å². The highest BCUT2D eigenvalue weighted by molar-refractivity contribution is 7.87. The van der Waals surface area contributed by atoms with Gasteiger partial charge in [-0.3, -0.25) is 14.2 Å². The van der Waals surface area contributed by atoms with Crippen molar-refractivity contribution in [2.24, 2.45) is 0 Å². The molecule has 0 unspecified atom stereocenters. The summed E-state index contributed by atoms with van der Waals surface area (Å²) >= 11 is 0. The third-order valence-electron chi connectivity index (χ3n) is 6.22. The molecule has 0 bridgehead atoms. The Morgan fingerprint density at radius 1 is 1.13 bits per heavy atom. The number of nitrogens with one attached hydrogen (secondary N) is 2. The van der Waals surface area contributed by atoms with Crippen molar-refractivity contribution < 1.29 is 26.5 Å². The number of nitrogens with zero attached hydrogens (tertiary/aromatic N) is 2. The number of carbonyl (C=O) groups is 1. The zero-order valence-corrected chi connectivity index (χ0v) is 21.8. The molecule has 2 N–H and O–H groups in total. The highest BCUT2D eigenvalue weighted by Gasteiger charge is 2.33. The Morgan fingerprint density at radius 3 is 2.50 bits per heavy atom. The summed E-state index contributed by atoms with van der Waals surface area (Å²) in [7, 11) is -2.93. The quantitative estimate of drug-likeness (QED) is 0.394. The van der Waals surface area contributed by atoms with Crippen LogP contribution >= 0.6 is 0 Å². The van der Waals surface area contributed by atoms with Gasteiger partial charge in [-0.1, -0.05) is 37.3 Å². The first-order chi connectivity index (χ1) is 18.2. The maximum absolute atomic E-state index is 13.8. The summed E-state index contributed by atoms with van der Waals surface area (Å²) in [6.07, 6.45) is 0.869.